The molecular weight excluding hydrogens is 628 g/mol. The fourth-order valence-electron chi connectivity index (χ4n) is 3.94. The van der Waals surface area contributed by atoms with E-state index in [0.29, 0.717) is 22.0 Å². The fourth-order valence-corrected chi connectivity index (χ4v) is 6.33. The molecule has 0 radical (unpaired) electrons. The molecule has 0 spiro atoms. The van der Waals surface area contributed by atoms with Gasteiger partial charge in [-0.1, -0.05) is 83.2 Å². The van der Waals surface area contributed by atoms with Crippen molar-refractivity contribution in [1.82, 2.24) is 10.2 Å². The Balaban J connectivity index is 2.11. The third kappa shape index (κ3) is 7.87. The smallest absolute Gasteiger partial charge is 0.264 e. The molecule has 0 saturated carbocycles. The van der Waals surface area contributed by atoms with Crippen LogP contribution in [0.25, 0.3) is 0 Å². The second kappa shape index (κ2) is 14.1. The lowest BCUT2D eigenvalue weighted by atomic mass is 10.1. The standard InChI is InChI=1S/C29H31Cl4N3O4S/c1-5-19(3)34-29(38)20(4)35(16-22-23(30)8-6-9-24(22)31)27(37)17-36(26-11-7-10-25(32)28(26)33)41(39,40)21-14-12-18(2)13-15-21/h6-15,19-20H,5,16-17H2,1-4H3,(H,34,38). The number of hydrogen-bond acceptors (Lipinski definition) is 4. The molecule has 0 saturated heterocycles. The SMILES string of the molecule is CCC(C)NC(=O)C(C)N(Cc1c(Cl)cccc1Cl)C(=O)CN(c1cccc(Cl)c1Cl)S(=O)(=O)c1ccc(C)cc1. The third-order valence-corrected chi connectivity index (χ3v) is 9.94. The van der Waals surface area contributed by atoms with Crippen molar-refractivity contribution >= 4 is 73.9 Å². The van der Waals surface area contributed by atoms with Gasteiger partial charge >= 0.3 is 0 Å². The number of nitrogens with zero attached hydrogens (tertiary/aromatic N) is 2. The molecule has 7 nitrogen and oxygen atoms in total. The van der Waals surface area contributed by atoms with E-state index in [4.69, 9.17) is 46.4 Å². The Hall–Kier alpha value is -2.49. The van der Waals surface area contributed by atoms with Crippen molar-refractivity contribution in [2.24, 2.45) is 0 Å². The Kier molecular flexibility index (Phi) is 11.4. The predicted octanol–water partition coefficient (Wildman–Crippen LogP) is 7.14. The summed E-state index contributed by atoms with van der Waals surface area (Å²) in [5, 5.41) is 3.54. The number of hydrogen-bond donors (Lipinski definition) is 1. The number of nitrogens with one attached hydrogen (secondary N) is 1. The largest absolute Gasteiger partial charge is 0.352 e. The number of carbonyl (C=O) groups is 2. The molecule has 220 valence electrons. The molecule has 1 N–H and O–H groups in total. The predicted molar refractivity (Wildman–Crippen MR) is 167 cm³/mol. The average Bonchev–Trinajstić information content (AvgIpc) is 2.93. The highest BCUT2D eigenvalue weighted by Gasteiger charge is 2.34. The Morgan fingerprint density at radius 2 is 1.44 bits per heavy atom. The van der Waals surface area contributed by atoms with Gasteiger partial charge in [-0.05, 0) is 63.6 Å². The van der Waals surface area contributed by atoms with Crippen molar-refractivity contribution in [3.63, 3.8) is 0 Å². The van der Waals surface area contributed by atoms with Crippen LogP contribution in [0.2, 0.25) is 20.1 Å². The third-order valence-electron chi connectivity index (χ3n) is 6.65. The summed E-state index contributed by atoms with van der Waals surface area (Å²) < 4.78 is 28.8. The fraction of sp³-hybridized carbons (Fsp3) is 0.310. The number of rotatable bonds is 11. The molecule has 0 fully saturated rings. The molecule has 3 aromatic carbocycles. The van der Waals surface area contributed by atoms with E-state index in [0.717, 1.165) is 9.87 Å². The number of amides is 2. The molecule has 0 heterocycles. The van der Waals surface area contributed by atoms with Crippen LogP contribution in [0.1, 0.15) is 38.3 Å². The van der Waals surface area contributed by atoms with Crippen molar-refractivity contribution in [2.45, 2.75) is 57.6 Å². The van der Waals surface area contributed by atoms with Gasteiger partial charge in [0, 0.05) is 28.2 Å². The molecule has 0 aliphatic carbocycles. The molecule has 2 atom stereocenters. The first-order chi connectivity index (χ1) is 19.3. The van der Waals surface area contributed by atoms with Crippen molar-refractivity contribution in [1.29, 1.82) is 0 Å². The van der Waals surface area contributed by atoms with Crippen LogP contribution in [0.5, 0.6) is 0 Å². The minimum atomic E-state index is -4.31. The summed E-state index contributed by atoms with van der Waals surface area (Å²) in [7, 11) is -4.31. The highest BCUT2D eigenvalue weighted by molar-refractivity contribution is 7.92. The van der Waals surface area contributed by atoms with Gasteiger partial charge in [0.25, 0.3) is 10.0 Å². The quantitative estimate of drug-likeness (QED) is 0.237. The minimum absolute atomic E-state index is 0.0144. The van der Waals surface area contributed by atoms with Gasteiger partial charge in [-0.3, -0.25) is 13.9 Å². The monoisotopic (exact) mass is 657 g/mol. The zero-order valence-electron chi connectivity index (χ0n) is 23.0. The first-order valence-corrected chi connectivity index (χ1v) is 15.8. The minimum Gasteiger partial charge on any atom is -0.352 e. The summed E-state index contributed by atoms with van der Waals surface area (Å²) in [5.41, 5.74) is 1.29. The van der Waals surface area contributed by atoms with Gasteiger partial charge in [-0.15, -0.1) is 0 Å². The summed E-state index contributed by atoms with van der Waals surface area (Å²) >= 11 is 25.5. The van der Waals surface area contributed by atoms with E-state index in [-0.39, 0.29) is 33.2 Å². The Bertz CT molecular complexity index is 1500. The molecule has 12 heteroatoms. The van der Waals surface area contributed by atoms with E-state index < -0.39 is 34.4 Å². The van der Waals surface area contributed by atoms with Crippen LogP contribution in [0.15, 0.2) is 65.6 Å². The zero-order chi connectivity index (χ0) is 30.5. The average molecular weight is 659 g/mol. The zero-order valence-corrected chi connectivity index (χ0v) is 26.8. The van der Waals surface area contributed by atoms with Crippen molar-refractivity contribution < 1.29 is 18.0 Å². The molecule has 0 aliphatic heterocycles. The normalized spacial score (nSPS) is 12.9. The van der Waals surface area contributed by atoms with E-state index in [2.05, 4.69) is 5.32 Å². The van der Waals surface area contributed by atoms with Crippen LogP contribution in [-0.4, -0.2) is 43.8 Å². The number of aryl methyl sites for hydroxylation is 1. The second-order valence-corrected chi connectivity index (χ2v) is 13.1. The van der Waals surface area contributed by atoms with E-state index >= 15 is 0 Å². The molecule has 2 amide bonds. The maximum Gasteiger partial charge on any atom is 0.264 e. The Morgan fingerprint density at radius 1 is 0.878 bits per heavy atom. The molecule has 3 rings (SSSR count). The van der Waals surface area contributed by atoms with Crippen molar-refractivity contribution in [2.75, 3.05) is 10.8 Å². The Morgan fingerprint density at radius 3 is 2.02 bits per heavy atom. The number of carbonyl (C=O) groups excluding carboxylic acids is 2. The molecule has 41 heavy (non-hydrogen) atoms. The van der Waals surface area contributed by atoms with Gasteiger partial charge in [0.15, 0.2) is 0 Å². The summed E-state index contributed by atoms with van der Waals surface area (Å²) in [6.45, 7) is 6.33. The maximum absolute atomic E-state index is 14.1. The van der Waals surface area contributed by atoms with Crippen LogP contribution in [0.3, 0.4) is 0 Å². The van der Waals surface area contributed by atoms with Gasteiger partial charge < -0.3 is 10.2 Å². The van der Waals surface area contributed by atoms with Gasteiger partial charge in [0.1, 0.15) is 12.6 Å². The number of benzene rings is 3. The van der Waals surface area contributed by atoms with Crippen LogP contribution in [0.4, 0.5) is 5.69 Å². The van der Waals surface area contributed by atoms with Gasteiger partial charge in [-0.2, -0.15) is 0 Å². The van der Waals surface area contributed by atoms with Gasteiger partial charge in [0.05, 0.1) is 20.6 Å². The highest BCUT2D eigenvalue weighted by atomic mass is 35.5. The highest BCUT2D eigenvalue weighted by Crippen LogP contribution is 2.36. The molecule has 0 bridgehead atoms. The van der Waals surface area contributed by atoms with Crippen molar-refractivity contribution in [3.05, 3.63) is 91.9 Å². The molecule has 2 unspecified atom stereocenters. The lowest BCUT2D eigenvalue weighted by Gasteiger charge is -2.33. The molecule has 0 aliphatic rings. The van der Waals surface area contributed by atoms with Crippen LogP contribution in [0, 0.1) is 6.92 Å². The first kappa shape index (κ1) is 33.0. The molecule has 0 aromatic heterocycles. The number of sulfonamides is 1. The first-order valence-electron chi connectivity index (χ1n) is 12.8. The lowest BCUT2D eigenvalue weighted by Crippen LogP contribution is -2.52. The van der Waals surface area contributed by atoms with Crippen LogP contribution in [-0.2, 0) is 26.2 Å². The summed E-state index contributed by atoms with van der Waals surface area (Å²) in [6, 6.07) is 14.5. The summed E-state index contributed by atoms with van der Waals surface area (Å²) in [6.07, 6.45) is 0.679. The molecular formula is C29H31Cl4N3O4S. The lowest BCUT2D eigenvalue weighted by molar-refractivity contribution is -0.139. The van der Waals surface area contributed by atoms with Crippen LogP contribution < -0.4 is 9.62 Å². The van der Waals surface area contributed by atoms with Gasteiger partial charge in [-0.25, -0.2) is 8.42 Å². The summed E-state index contributed by atoms with van der Waals surface area (Å²) in [4.78, 5) is 28.4. The molecule has 3 aromatic rings. The Labute approximate surface area is 261 Å². The van der Waals surface area contributed by atoms with Crippen LogP contribution >= 0.6 is 46.4 Å². The van der Waals surface area contributed by atoms with Gasteiger partial charge in [0.2, 0.25) is 11.8 Å². The van der Waals surface area contributed by atoms with E-state index in [9.17, 15) is 18.0 Å². The summed E-state index contributed by atoms with van der Waals surface area (Å²) in [5.74, 6) is -1.09. The van der Waals surface area contributed by atoms with E-state index in [1.54, 1.807) is 37.3 Å². The van der Waals surface area contributed by atoms with Crippen molar-refractivity contribution in [3.8, 4) is 0 Å². The maximum atomic E-state index is 14.1. The van der Waals surface area contributed by atoms with E-state index in [1.165, 1.54) is 35.2 Å². The van der Waals surface area contributed by atoms with E-state index in [1.807, 2.05) is 20.8 Å². The number of anilines is 1. The second-order valence-electron chi connectivity index (χ2n) is 9.61. The number of halogens is 4. The topological polar surface area (TPSA) is 86.8 Å².